The molecule has 1 aliphatic rings. The predicted octanol–water partition coefficient (Wildman–Crippen LogP) is 2.90. The van der Waals surface area contributed by atoms with E-state index >= 15 is 0 Å². The van der Waals surface area contributed by atoms with Crippen LogP contribution in [0.4, 0.5) is 13.2 Å². The van der Waals surface area contributed by atoms with Crippen molar-refractivity contribution in [2.24, 2.45) is 0 Å². The summed E-state index contributed by atoms with van der Waals surface area (Å²) in [6, 6.07) is 3.71. The van der Waals surface area contributed by atoms with Crippen molar-refractivity contribution in [3.63, 3.8) is 0 Å². The van der Waals surface area contributed by atoms with Crippen LogP contribution in [0.15, 0.2) is 24.5 Å². The molecule has 3 rings (SSSR count). The summed E-state index contributed by atoms with van der Waals surface area (Å²) in [4.78, 5) is 8.23. The van der Waals surface area contributed by atoms with Crippen LogP contribution < -0.4 is 0 Å². The fourth-order valence-electron chi connectivity index (χ4n) is 2.20. The van der Waals surface area contributed by atoms with Crippen molar-refractivity contribution < 1.29 is 13.2 Å². The molecule has 0 spiro atoms. The lowest BCUT2D eigenvalue weighted by atomic mass is 10.1. The monoisotopic (exact) mass is 296 g/mol. The van der Waals surface area contributed by atoms with E-state index in [1.165, 1.54) is 0 Å². The minimum Gasteiger partial charge on any atom is -0.265 e. The van der Waals surface area contributed by atoms with Crippen molar-refractivity contribution in [3.05, 3.63) is 41.7 Å². The molecule has 21 heavy (non-hydrogen) atoms. The van der Waals surface area contributed by atoms with Crippen LogP contribution in [0.2, 0.25) is 0 Å². The Kier molecular flexibility index (Phi) is 3.65. The van der Waals surface area contributed by atoms with E-state index in [2.05, 4.69) is 15.1 Å². The lowest BCUT2D eigenvalue weighted by molar-refractivity contribution is -0.143. The molecule has 0 unspecified atom stereocenters. The molecule has 0 radical (unpaired) electrons. The van der Waals surface area contributed by atoms with E-state index < -0.39 is 12.7 Å². The first-order valence-electron chi connectivity index (χ1n) is 6.90. The predicted molar refractivity (Wildman–Crippen MR) is 69.7 cm³/mol. The van der Waals surface area contributed by atoms with Crippen LogP contribution in [0.1, 0.15) is 36.0 Å². The fourth-order valence-corrected chi connectivity index (χ4v) is 2.20. The van der Waals surface area contributed by atoms with Crippen LogP contribution in [0.5, 0.6) is 0 Å². The molecule has 0 atom stereocenters. The summed E-state index contributed by atoms with van der Waals surface area (Å²) in [6.07, 6.45) is 2.08. The first-order valence-corrected chi connectivity index (χ1v) is 6.90. The van der Waals surface area contributed by atoms with Gasteiger partial charge in [0.15, 0.2) is 5.82 Å². The van der Waals surface area contributed by atoms with Gasteiger partial charge in [0.05, 0.1) is 0 Å². The van der Waals surface area contributed by atoms with E-state index in [4.69, 9.17) is 0 Å². The number of hydrogen-bond donors (Lipinski definition) is 0. The molecule has 0 bridgehead atoms. The number of hydrogen-bond acceptors (Lipinski definition) is 3. The molecule has 1 saturated carbocycles. The molecule has 7 heteroatoms. The second kappa shape index (κ2) is 5.46. The zero-order valence-electron chi connectivity index (χ0n) is 11.3. The van der Waals surface area contributed by atoms with Crippen LogP contribution >= 0.6 is 0 Å². The van der Waals surface area contributed by atoms with E-state index in [1.807, 2.05) is 12.1 Å². The zero-order valence-corrected chi connectivity index (χ0v) is 11.3. The second-order valence-corrected chi connectivity index (χ2v) is 5.29. The first-order chi connectivity index (χ1) is 10.0. The van der Waals surface area contributed by atoms with E-state index in [-0.39, 0.29) is 5.92 Å². The van der Waals surface area contributed by atoms with Crippen molar-refractivity contribution in [3.8, 4) is 0 Å². The average molecular weight is 296 g/mol. The summed E-state index contributed by atoms with van der Waals surface area (Å²) in [5.74, 6) is 1.22. The number of nitrogens with zero attached hydrogens (tertiary/aromatic N) is 4. The van der Waals surface area contributed by atoms with Gasteiger partial charge in [-0.15, -0.1) is 0 Å². The van der Waals surface area contributed by atoms with Crippen molar-refractivity contribution in [2.75, 3.05) is 0 Å². The first kappa shape index (κ1) is 14.0. The van der Waals surface area contributed by atoms with Crippen LogP contribution in [0.25, 0.3) is 0 Å². The van der Waals surface area contributed by atoms with Crippen molar-refractivity contribution in [2.45, 2.75) is 44.3 Å². The van der Waals surface area contributed by atoms with Crippen LogP contribution in [-0.4, -0.2) is 25.9 Å². The molecule has 0 aliphatic heterocycles. The fraction of sp³-hybridized carbons (Fsp3) is 0.500. The van der Waals surface area contributed by atoms with Gasteiger partial charge < -0.3 is 0 Å². The van der Waals surface area contributed by atoms with Crippen molar-refractivity contribution in [1.82, 2.24) is 19.7 Å². The van der Waals surface area contributed by atoms with Gasteiger partial charge >= 0.3 is 6.18 Å². The molecule has 0 amide bonds. The summed E-state index contributed by atoms with van der Waals surface area (Å²) in [7, 11) is 0. The molecule has 2 aromatic heterocycles. The Hall–Kier alpha value is -1.92. The maximum Gasteiger partial charge on any atom is 0.408 e. The van der Waals surface area contributed by atoms with Crippen LogP contribution in [0, 0.1) is 0 Å². The maximum absolute atomic E-state index is 12.6. The Morgan fingerprint density at radius 1 is 1.14 bits per heavy atom. The van der Waals surface area contributed by atoms with Crippen LogP contribution in [0.3, 0.4) is 0 Å². The normalized spacial score (nSPS) is 15.4. The topological polar surface area (TPSA) is 43.6 Å². The highest BCUT2D eigenvalue weighted by molar-refractivity contribution is 5.12. The third-order valence-electron chi connectivity index (χ3n) is 3.42. The number of rotatable bonds is 5. The van der Waals surface area contributed by atoms with Gasteiger partial charge in [-0.2, -0.15) is 18.3 Å². The molecular formula is C14H15F3N4. The van der Waals surface area contributed by atoms with Gasteiger partial charge in [0.1, 0.15) is 12.4 Å². The quantitative estimate of drug-likeness (QED) is 0.852. The summed E-state index contributed by atoms with van der Waals surface area (Å²) < 4.78 is 38.8. The van der Waals surface area contributed by atoms with E-state index in [0.717, 1.165) is 23.1 Å². The number of alkyl halides is 3. The smallest absolute Gasteiger partial charge is 0.265 e. The zero-order chi connectivity index (χ0) is 14.9. The van der Waals surface area contributed by atoms with E-state index in [0.29, 0.717) is 24.5 Å². The summed E-state index contributed by atoms with van der Waals surface area (Å²) >= 11 is 0. The number of pyridine rings is 1. The average Bonchev–Trinajstić information content (AvgIpc) is 3.20. The Balaban J connectivity index is 1.75. The minimum absolute atomic E-state index is 0.249. The van der Waals surface area contributed by atoms with E-state index in [9.17, 15) is 13.2 Å². The van der Waals surface area contributed by atoms with Gasteiger partial charge in [0.2, 0.25) is 0 Å². The standard InChI is InChI=1S/C14H15F3N4/c15-14(16,17)9-21-12(19-13(20-21)11-2-3-11)4-1-10-5-7-18-8-6-10/h5-8,11H,1-4,9H2. The third-order valence-corrected chi connectivity index (χ3v) is 3.42. The van der Waals surface area contributed by atoms with Gasteiger partial charge in [-0.05, 0) is 37.0 Å². The van der Waals surface area contributed by atoms with Gasteiger partial charge in [0, 0.05) is 24.7 Å². The summed E-state index contributed by atoms with van der Waals surface area (Å²) in [5, 5.41) is 4.04. The largest absolute Gasteiger partial charge is 0.408 e. The Bertz CT molecular complexity index is 602. The van der Waals surface area contributed by atoms with Gasteiger partial charge in [-0.1, -0.05) is 0 Å². The van der Waals surface area contributed by atoms with Gasteiger partial charge in [0.25, 0.3) is 0 Å². The molecule has 2 aromatic rings. The van der Waals surface area contributed by atoms with Crippen LogP contribution in [-0.2, 0) is 19.4 Å². The Labute approximate surface area is 120 Å². The third kappa shape index (κ3) is 3.80. The SMILES string of the molecule is FC(F)(F)Cn1nc(C2CC2)nc1CCc1ccncc1. The number of aromatic nitrogens is 4. The van der Waals surface area contributed by atoms with Gasteiger partial charge in [-0.3, -0.25) is 4.98 Å². The lowest BCUT2D eigenvalue weighted by Gasteiger charge is -2.08. The summed E-state index contributed by atoms with van der Waals surface area (Å²) in [6.45, 7) is -1.07. The molecule has 0 aromatic carbocycles. The van der Waals surface area contributed by atoms with Crippen molar-refractivity contribution >= 4 is 0 Å². The summed E-state index contributed by atoms with van der Waals surface area (Å²) in [5.41, 5.74) is 1.03. The Morgan fingerprint density at radius 2 is 1.86 bits per heavy atom. The highest BCUT2D eigenvalue weighted by Crippen LogP contribution is 2.38. The number of aryl methyl sites for hydroxylation is 2. The highest BCUT2D eigenvalue weighted by Gasteiger charge is 2.33. The maximum atomic E-state index is 12.6. The molecule has 4 nitrogen and oxygen atoms in total. The lowest BCUT2D eigenvalue weighted by Crippen LogP contribution is -2.21. The van der Waals surface area contributed by atoms with Crippen molar-refractivity contribution in [1.29, 1.82) is 0 Å². The molecule has 1 aliphatic carbocycles. The molecule has 0 N–H and O–H groups in total. The van der Waals surface area contributed by atoms with Gasteiger partial charge in [-0.25, -0.2) is 9.67 Å². The second-order valence-electron chi connectivity index (χ2n) is 5.29. The van der Waals surface area contributed by atoms with E-state index in [1.54, 1.807) is 12.4 Å². The number of halogens is 3. The molecule has 2 heterocycles. The molecule has 0 saturated heterocycles. The molecule has 1 fully saturated rings. The molecule has 112 valence electrons. The Morgan fingerprint density at radius 3 is 2.48 bits per heavy atom. The molecular weight excluding hydrogens is 281 g/mol. The highest BCUT2D eigenvalue weighted by atomic mass is 19.4. The minimum atomic E-state index is -4.28.